The first-order valence-electron chi connectivity index (χ1n) is 6.97. The smallest absolute Gasteiger partial charge is 0.149 e. The molecule has 0 aliphatic carbocycles. The van der Waals surface area contributed by atoms with Crippen LogP contribution in [0.25, 0.3) is 0 Å². The summed E-state index contributed by atoms with van der Waals surface area (Å²) in [5.74, 6) is 0.172. The molecule has 0 bridgehead atoms. The number of hydrogen-bond donors (Lipinski definition) is 1. The molecular formula is C15H26N2O2S. The van der Waals surface area contributed by atoms with Crippen molar-refractivity contribution in [2.75, 3.05) is 30.5 Å². The first kappa shape index (κ1) is 17.0. The molecule has 114 valence electrons. The van der Waals surface area contributed by atoms with Crippen LogP contribution in [0.1, 0.15) is 24.5 Å². The number of sulfone groups is 1. The topological polar surface area (TPSA) is 63.4 Å². The van der Waals surface area contributed by atoms with Gasteiger partial charge in [0.1, 0.15) is 9.84 Å². The summed E-state index contributed by atoms with van der Waals surface area (Å²) in [6.07, 6.45) is 3.12. The molecule has 0 heterocycles. The largest absolute Gasteiger partial charge is 0.374 e. The van der Waals surface area contributed by atoms with Gasteiger partial charge < -0.3 is 10.6 Å². The van der Waals surface area contributed by atoms with Crippen LogP contribution in [0.2, 0.25) is 0 Å². The molecule has 0 radical (unpaired) electrons. The van der Waals surface area contributed by atoms with Crippen molar-refractivity contribution in [1.29, 1.82) is 0 Å². The Morgan fingerprint density at radius 2 is 2.00 bits per heavy atom. The van der Waals surface area contributed by atoms with Gasteiger partial charge in [-0.15, -0.1) is 0 Å². The van der Waals surface area contributed by atoms with Crippen LogP contribution in [0.15, 0.2) is 18.2 Å². The summed E-state index contributed by atoms with van der Waals surface area (Å²) in [7, 11) is -1.01. The summed E-state index contributed by atoms with van der Waals surface area (Å²) in [5, 5.41) is 0. The third-order valence-corrected chi connectivity index (χ3v) is 4.50. The van der Waals surface area contributed by atoms with Crippen molar-refractivity contribution in [2.45, 2.75) is 32.7 Å². The monoisotopic (exact) mass is 298 g/mol. The minimum atomic E-state index is -2.92. The van der Waals surface area contributed by atoms with Crippen molar-refractivity contribution in [3.63, 3.8) is 0 Å². The van der Waals surface area contributed by atoms with E-state index in [0.717, 1.165) is 18.5 Å². The summed E-state index contributed by atoms with van der Waals surface area (Å²) in [6, 6.07) is 6.42. The zero-order valence-electron chi connectivity index (χ0n) is 12.9. The minimum absolute atomic E-state index is 0.172. The Morgan fingerprint density at radius 1 is 1.35 bits per heavy atom. The normalized spacial score (nSPS) is 13.2. The second-order valence-corrected chi connectivity index (χ2v) is 7.79. The van der Waals surface area contributed by atoms with Gasteiger partial charge in [0.25, 0.3) is 0 Å². The van der Waals surface area contributed by atoms with Gasteiger partial charge >= 0.3 is 0 Å². The van der Waals surface area contributed by atoms with Gasteiger partial charge in [-0.3, -0.25) is 0 Å². The summed E-state index contributed by atoms with van der Waals surface area (Å²) >= 11 is 0. The Labute approximate surface area is 122 Å². The van der Waals surface area contributed by atoms with Crippen LogP contribution < -0.4 is 10.6 Å². The van der Waals surface area contributed by atoms with Gasteiger partial charge in [0, 0.05) is 31.6 Å². The molecule has 1 aromatic carbocycles. The van der Waals surface area contributed by atoms with Crippen molar-refractivity contribution >= 4 is 15.5 Å². The standard InChI is InChI=1S/C15H26N2O2S/c1-5-14(16)11-13-6-7-15(10-12(13)2)17(3)8-9-20(4,18)19/h6-7,10,14H,5,8-9,11,16H2,1-4H3. The van der Waals surface area contributed by atoms with E-state index >= 15 is 0 Å². The first-order chi connectivity index (χ1) is 9.23. The van der Waals surface area contributed by atoms with Crippen LogP contribution in [0.5, 0.6) is 0 Å². The van der Waals surface area contributed by atoms with Crippen LogP contribution in [0.4, 0.5) is 5.69 Å². The molecule has 20 heavy (non-hydrogen) atoms. The van der Waals surface area contributed by atoms with Gasteiger partial charge in [-0.25, -0.2) is 8.42 Å². The highest BCUT2D eigenvalue weighted by Gasteiger charge is 2.09. The number of anilines is 1. The van der Waals surface area contributed by atoms with Crippen LogP contribution in [0.3, 0.4) is 0 Å². The van der Waals surface area contributed by atoms with Gasteiger partial charge in [-0.2, -0.15) is 0 Å². The lowest BCUT2D eigenvalue weighted by Crippen LogP contribution is -2.25. The lowest BCUT2D eigenvalue weighted by molar-refractivity contribution is 0.601. The van der Waals surface area contributed by atoms with E-state index in [1.54, 1.807) is 0 Å². The fourth-order valence-corrected chi connectivity index (χ4v) is 2.61. The van der Waals surface area contributed by atoms with E-state index in [1.807, 2.05) is 18.0 Å². The number of nitrogens with zero attached hydrogens (tertiary/aromatic N) is 1. The van der Waals surface area contributed by atoms with Gasteiger partial charge in [0.15, 0.2) is 0 Å². The molecule has 0 fully saturated rings. The van der Waals surface area contributed by atoms with Crippen LogP contribution in [-0.4, -0.2) is 40.1 Å². The highest BCUT2D eigenvalue weighted by Crippen LogP contribution is 2.19. The Kier molecular flexibility index (Phi) is 6.02. The molecule has 1 unspecified atom stereocenters. The molecular weight excluding hydrogens is 272 g/mol. The molecule has 0 saturated carbocycles. The molecule has 0 aliphatic rings. The van der Waals surface area contributed by atoms with E-state index in [4.69, 9.17) is 5.73 Å². The predicted octanol–water partition coefficient (Wildman–Crippen LogP) is 1.76. The molecule has 1 rings (SSSR count). The highest BCUT2D eigenvalue weighted by atomic mass is 32.2. The summed E-state index contributed by atoms with van der Waals surface area (Å²) in [6.45, 7) is 4.67. The van der Waals surface area contributed by atoms with Crippen molar-refractivity contribution in [2.24, 2.45) is 5.73 Å². The second-order valence-electron chi connectivity index (χ2n) is 5.53. The van der Waals surface area contributed by atoms with E-state index in [-0.39, 0.29) is 11.8 Å². The molecule has 0 aliphatic heterocycles. The Morgan fingerprint density at radius 3 is 2.50 bits per heavy atom. The molecule has 0 saturated heterocycles. The number of rotatable bonds is 7. The average molecular weight is 298 g/mol. The van der Waals surface area contributed by atoms with E-state index in [1.165, 1.54) is 17.4 Å². The minimum Gasteiger partial charge on any atom is -0.374 e. The van der Waals surface area contributed by atoms with Crippen LogP contribution in [0, 0.1) is 6.92 Å². The number of aryl methyl sites for hydroxylation is 1. The molecule has 0 aromatic heterocycles. The zero-order valence-corrected chi connectivity index (χ0v) is 13.7. The Balaban J connectivity index is 2.76. The van der Waals surface area contributed by atoms with Crippen molar-refractivity contribution in [3.8, 4) is 0 Å². The third-order valence-electron chi connectivity index (χ3n) is 3.57. The summed E-state index contributed by atoms with van der Waals surface area (Å²) < 4.78 is 22.4. The number of nitrogens with two attached hydrogens (primary N) is 1. The zero-order chi connectivity index (χ0) is 15.3. The van der Waals surface area contributed by atoms with E-state index < -0.39 is 9.84 Å². The molecule has 0 amide bonds. The quantitative estimate of drug-likeness (QED) is 0.833. The SMILES string of the molecule is CCC(N)Cc1ccc(N(C)CCS(C)(=O)=O)cc1C. The fourth-order valence-electron chi connectivity index (χ4n) is 2.01. The first-order valence-corrected chi connectivity index (χ1v) is 9.03. The van der Waals surface area contributed by atoms with Gasteiger partial charge in [0.2, 0.25) is 0 Å². The van der Waals surface area contributed by atoms with Crippen molar-refractivity contribution in [3.05, 3.63) is 29.3 Å². The highest BCUT2D eigenvalue weighted by molar-refractivity contribution is 7.90. The van der Waals surface area contributed by atoms with Crippen molar-refractivity contribution in [1.82, 2.24) is 0 Å². The van der Waals surface area contributed by atoms with Crippen LogP contribution >= 0.6 is 0 Å². The van der Waals surface area contributed by atoms with Crippen LogP contribution in [-0.2, 0) is 16.3 Å². The van der Waals surface area contributed by atoms with E-state index in [9.17, 15) is 8.42 Å². The molecule has 0 spiro atoms. The predicted molar refractivity (Wildman–Crippen MR) is 86.1 cm³/mol. The summed E-state index contributed by atoms with van der Waals surface area (Å²) in [4.78, 5) is 1.97. The molecule has 1 aromatic rings. The van der Waals surface area contributed by atoms with Crippen molar-refractivity contribution < 1.29 is 8.42 Å². The van der Waals surface area contributed by atoms with Gasteiger partial charge in [-0.05, 0) is 43.0 Å². The van der Waals surface area contributed by atoms with Gasteiger partial charge in [0.05, 0.1) is 5.75 Å². The Bertz CT molecular complexity index is 541. The summed E-state index contributed by atoms with van der Waals surface area (Å²) in [5.41, 5.74) is 9.50. The third kappa shape index (κ3) is 5.51. The average Bonchev–Trinajstić information content (AvgIpc) is 2.37. The number of benzene rings is 1. The molecule has 4 nitrogen and oxygen atoms in total. The molecule has 1 atom stereocenters. The number of hydrogen-bond acceptors (Lipinski definition) is 4. The maximum atomic E-state index is 11.2. The molecule has 5 heteroatoms. The van der Waals surface area contributed by atoms with E-state index in [2.05, 4.69) is 26.0 Å². The lowest BCUT2D eigenvalue weighted by atomic mass is 9.99. The lowest BCUT2D eigenvalue weighted by Gasteiger charge is -2.21. The maximum absolute atomic E-state index is 11.2. The fraction of sp³-hybridized carbons (Fsp3) is 0.600. The maximum Gasteiger partial charge on any atom is 0.149 e. The van der Waals surface area contributed by atoms with Gasteiger partial charge in [-0.1, -0.05) is 13.0 Å². The molecule has 2 N–H and O–H groups in total. The second kappa shape index (κ2) is 7.09. The Hall–Kier alpha value is -1.07. The van der Waals surface area contributed by atoms with E-state index in [0.29, 0.717) is 6.54 Å².